The lowest BCUT2D eigenvalue weighted by Crippen LogP contribution is -2.54. The predicted molar refractivity (Wildman–Crippen MR) is 82.9 cm³/mol. The Morgan fingerprint density at radius 1 is 1.30 bits per heavy atom. The second-order valence-corrected chi connectivity index (χ2v) is 8.14. The largest absolute Gasteiger partial charge is 0.374 e. The summed E-state index contributed by atoms with van der Waals surface area (Å²) in [4.78, 5) is 2.50. The SMILES string of the molecule is CCN1CCOC(CNC2C3(C)CCC(C3)C2(C)C)C1. The molecule has 2 bridgehead atoms. The second-order valence-electron chi connectivity index (χ2n) is 8.14. The Kier molecular flexibility index (Phi) is 3.89. The summed E-state index contributed by atoms with van der Waals surface area (Å²) < 4.78 is 5.95. The van der Waals surface area contributed by atoms with Crippen molar-refractivity contribution < 1.29 is 4.74 Å². The number of hydrogen-bond acceptors (Lipinski definition) is 3. The molecule has 116 valence electrons. The van der Waals surface area contributed by atoms with Crippen LogP contribution in [0.1, 0.15) is 47.0 Å². The average Bonchev–Trinajstić information content (AvgIpc) is 2.89. The Labute approximate surface area is 124 Å². The van der Waals surface area contributed by atoms with Gasteiger partial charge in [-0.2, -0.15) is 0 Å². The van der Waals surface area contributed by atoms with Crippen molar-refractivity contribution in [2.75, 3.05) is 32.8 Å². The zero-order chi connectivity index (χ0) is 14.4. The van der Waals surface area contributed by atoms with E-state index in [0.29, 0.717) is 23.0 Å². The van der Waals surface area contributed by atoms with E-state index in [1.807, 2.05) is 0 Å². The summed E-state index contributed by atoms with van der Waals surface area (Å²) in [6.07, 6.45) is 4.64. The molecule has 0 aromatic rings. The van der Waals surface area contributed by atoms with Crippen LogP contribution in [0, 0.1) is 16.7 Å². The zero-order valence-electron chi connectivity index (χ0n) is 13.7. The number of hydrogen-bond donors (Lipinski definition) is 1. The number of nitrogens with zero attached hydrogens (tertiary/aromatic N) is 1. The van der Waals surface area contributed by atoms with E-state index in [-0.39, 0.29) is 0 Å². The molecule has 0 radical (unpaired) electrons. The van der Waals surface area contributed by atoms with Gasteiger partial charge in [-0.05, 0) is 42.6 Å². The first-order chi connectivity index (χ1) is 9.45. The molecule has 2 aliphatic carbocycles. The molecular formula is C17H32N2O. The molecule has 0 aromatic heterocycles. The minimum absolute atomic E-state index is 0.377. The first kappa shape index (κ1) is 14.8. The Balaban J connectivity index is 1.58. The molecule has 0 spiro atoms. The van der Waals surface area contributed by atoms with Crippen LogP contribution in [0.4, 0.5) is 0 Å². The van der Waals surface area contributed by atoms with E-state index in [1.165, 1.54) is 19.3 Å². The third-order valence-electron chi connectivity index (χ3n) is 6.49. The van der Waals surface area contributed by atoms with Crippen LogP contribution < -0.4 is 5.32 Å². The summed E-state index contributed by atoms with van der Waals surface area (Å²) >= 11 is 0. The number of likely N-dealkylation sites (N-methyl/N-ethyl adjacent to an activating group) is 1. The quantitative estimate of drug-likeness (QED) is 0.856. The Hall–Kier alpha value is -0.120. The molecule has 3 heteroatoms. The molecule has 1 heterocycles. The highest BCUT2D eigenvalue weighted by molar-refractivity contribution is 5.12. The Morgan fingerprint density at radius 3 is 2.75 bits per heavy atom. The van der Waals surface area contributed by atoms with Gasteiger partial charge in [0.2, 0.25) is 0 Å². The van der Waals surface area contributed by atoms with Gasteiger partial charge in [-0.3, -0.25) is 4.90 Å². The lowest BCUT2D eigenvalue weighted by atomic mass is 9.68. The van der Waals surface area contributed by atoms with Gasteiger partial charge in [0.05, 0.1) is 12.7 Å². The Bertz CT molecular complexity index is 352. The number of morpholine rings is 1. The van der Waals surface area contributed by atoms with Gasteiger partial charge in [0, 0.05) is 25.7 Å². The molecule has 3 fully saturated rings. The fourth-order valence-electron chi connectivity index (χ4n) is 5.25. The molecule has 4 atom stereocenters. The fraction of sp³-hybridized carbons (Fsp3) is 1.00. The first-order valence-corrected chi connectivity index (χ1v) is 8.53. The minimum atomic E-state index is 0.377. The summed E-state index contributed by atoms with van der Waals surface area (Å²) in [6, 6.07) is 0.661. The van der Waals surface area contributed by atoms with E-state index in [4.69, 9.17) is 4.74 Å². The number of rotatable bonds is 4. The highest BCUT2D eigenvalue weighted by Gasteiger charge is 2.59. The Morgan fingerprint density at radius 2 is 2.10 bits per heavy atom. The zero-order valence-corrected chi connectivity index (χ0v) is 13.7. The van der Waals surface area contributed by atoms with E-state index in [0.717, 1.165) is 38.7 Å². The standard InChI is InChI=1S/C17H32N2O/c1-5-19-8-9-20-14(12-19)11-18-15-16(2,3)13-6-7-17(15,4)10-13/h13-15,18H,5-12H2,1-4H3. The highest BCUT2D eigenvalue weighted by Crippen LogP contribution is 2.62. The van der Waals surface area contributed by atoms with Crippen molar-refractivity contribution in [1.29, 1.82) is 0 Å². The third-order valence-corrected chi connectivity index (χ3v) is 6.49. The van der Waals surface area contributed by atoms with Crippen molar-refractivity contribution in [2.45, 2.75) is 59.1 Å². The molecular weight excluding hydrogens is 248 g/mol. The van der Waals surface area contributed by atoms with Gasteiger partial charge in [0.1, 0.15) is 0 Å². The summed E-state index contributed by atoms with van der Waals surface area (Å²) in [7, 11) is 0. The minimum Gasteiger partial charge on any atom is -0.374 e. The number of fused-ring (bicyclic) bond motifs is 2. The van der Waals surface area contributed by atoms with Gasteiger partial charge < -0.3 is 10.1 Å². The summed E-state index contributed by atoms with van der Waals surface area (Å²) in [5.41, 5.74) is 0.972. The van der Waals surface area contributed by atoms with E-state index < -0.39 is 0 Å². The maximum Gasteiger partial charge on any atom is 0.0826 e. The van der Waals surface area contributed by atoms with E-state index >= 15 is 0 Å². The van der Waals surface area contributed by atoms with Gasteiger partial charge >= 0.3 is 0 Å². The fourth-order valence-corrected chi connectivity index (χ4v) is 5.25. The maximum atomic E-state index is 5.95. The van der Waals surface area contributed by atoms with Crippen molar-refractivity contribution in [3.05, 3.63) is 0 Å². The lowest BCUT2D eigenvalue weighted by molar-refractivity contribution is -0.0314. The topological polar surface area (TPSA) is 24.5 Å². The van der Waals surface area contributed by atoms with Gasteiger partial charge in [0.15, 0.2) is 0 Å². The molecule has 20 heavy (non-hydrogen) atoms. The smallest absolute Gasteiger partial charge is 0.0826 e. The molecule has 0 amide bonds. The molecule has 0 aromatic carbocycles. The van der Waals surface area contributed by atoms with E-state index in [2.05, 4.69) is 37.9 Å². The number of nitrogens with one attached hydrogen (secondary N) is 1. The lowest BCUT2D eigenvalue weighted by Gasteiger charge is -2.44. The first-order valence-electron chi connectivity index (χ1n) is 8.53. The second kappa shape index (κ2) is 5.26. The highest BCUT2D eigenvalue weighted by atomic mass is 16.5. The number of ether oxygens (including phenoxy) is 1. The van der Waals surface area contributed by atoms with Crippen LogP contribution in [0.25, 0.3) is 0 Å². The van der Waals surface area contributed by atoms with Crippen LogP contribution in [0.3, 0.4) is 0 Å². The molecule has 1 N–H and O–H groups in total. The van der Waals surface area contributed by atoms with Crippen molar-refractivity contribution in [2.24, 2.45) is 16.7 Å². The van der Waals surface area contributed by atoms with Gasteiger partial charge in [-0.15, -0.1) is 0 Å². The van der Waals surface area contributed by atoms with Crippen LogP contribution in [0.5, 0.6) is 0 Å². The van der Waals surface area contributed by atoms with E-state index in [1.54, 1.807) is 0 Å². The average molecular weight is 280 g/mol. The van der Waals surface area contributed by atoms with Crippen molar-refractivity contribution in [3.8, 4) is 0 Å². The van der Waals surface area contributed by atoms with Crippen LogP contribution in [0.2, 0.25) is 0 Å². The van der Waals surface area contributed by atoms with Crippen molar-refractivity contribution in [3.63, 3.8) is 0 Å². The van der Waals surface area contributed by atoms with Gasteiger partial charge in [-0.1, -0.05) is 27.7 Å². The monoisotopic (exact) mass is 280 g/mol. The van der Waals surface area contributed by atoms with Crippen LogP contribution >= 0.6 is 0 Å². The normalized spacial score (nSPS) is 44.1. The van der Waals surface area contributed by atoms with Gasteiger partial charge in [-0.25, -0.2) is 0 Å². The van der Waals surface area contributed by atoms with Crippen LogP contribution in [-0.4, -0.2) is 49.8 Å². The molecule has 1 saturated heterocycles. The molecule has 3 aliphatic rings. The molecule has 1 aliphatic heterocycles. The van der Waals surface area contributed by atoms with Gasteiger partial charge in [0.25, 0.3) is 0 Å². The molecule has 4 unspecified atom stereocenters. The summed E-state index contributed by atoms with van der Waals surface area (Å²) in [6.45, 7) is 14.9. The third kappa shape index (κ3) is 2.42. The molecule has 3 rings (SSSR count). The molecule has 3 nitrogen and oxygen atoms in total. The maximum absolute atomic E-state index is 5.95. The van der Waals surface area contributed by atoms with Crippen LogP contribution in [-0.2, 0) is 4.74 Å². The van der Waals surface area contributed by atoms with Crippen molar-refractivity contribution in [1.82, 2.24) is 10.2 Å². The summed E-state index contributed by atoms with van der Waals surface area (Å²) in [5, 5.41) is 3.91. The predicted octanol–water partition coefficient (Wildman–Crippen LogP) is 2.51. The summed E-state index contributed by atoms with van der Waals surface area (Å²) in [5.74, 6) is 0.921. The van der Waals surface area contributed by atoms with E-state index in [9.17, 15) is 0 Å². The van der Waals surface area contributed by atoms with Crippen LogP contribution in [0.15, 0.2) is 0 Å². The molecule has 2 saturated carbocycles. The van der Waals surface area contributed by atoms with Crippen molar-refractivity contribution >= 4 is 0 Å².